The lowest BCUT2D eigenvalue weighted by atomic mass is 10.0. The number of rotatable bonds is 1. The van der Waals surface area contributed by atoms with Crippen molar-refractivity contribution in [2.24, 2.45) is 0 Å². The molecule has 15 heavy (non-hydrogen) atoms. The fourth-order valence-electron chi connectivity index (χ4n) is 1.52. The second-order valence-corrected chi connectivity index (χ2v) is 3.99. The van der Waals surface area contributed by atoms with Crippen LogP contribution in [0.2, 0.25) is 0 Å². The van der Waals surface area contributed by atoms with Crippen LogP contribution in [-0.2, 0) is 0 Å². The molecule has 2 aromatic rings. The third-order valence-electron chi connectivity index (χ3n) is 2.56. The van der Waals surface area contributed by atoms with Gasteiger partial charge in [-0.3, -0.25) is 5.10 Å². The zero-order valence-corrected chi connectivity index (χ0v) is 9.56. The summed E-state index contributed by atoms with van der Waals surface area (Å²) in [5.41, 5.74) is 4.62. The second-order valence-electron chi connectivity index (χ2n) is 3.55. The van der Waals surface area contributed by atoms with E-state index in [-0.39, 0.29) is 0 Å². The van der Waals surface area contributed by atoms with Gasteiger partial charge in [-0.15, -0.1) is 0 Å². The van der Waals surface area contributed by atoms with Crippen LogP contribution in [0.4, 0.5) is 0 Å². The number of aromatic nitrogens is 2. The molecule has 2 nitrogen and oxygen atoms in total. The van der Waals surface area contributed by atoms with E-state index in [9.17, 15) is 0 Å². The van der Waals surface area contributed by atoms with Crippen LogP contribution in [0.25, 0.3) is 11.3 Å². The number of nitrogens with zero attached hydrogens (tertiary/aromatic N) is 1. The van der Waals surface area contributed by atoms with Crippen molar-refractivity contribution in [2.75, 3.05) is 0 Å². The van der Waals surface area contributed by atoms with Gasteiger partial charge in [-0.25, -0.2) is 0 Å². The molecule has 76 valence electrons. The number of aryl methyl sites for hydroxylation is 1. The highest BCUT2D eigenvalue weighted by Crippen LogP contribution is 2.22. The minimum absolute atomic E-state index is 0.657. The van der Waals surface area contributed by atoms with Gasteiger partial charge in [0.05, 0.1) is 5.69 Å². The highest BCUT2D eigenvalue weighted by atomic mass is 32.1. The fraction of sp³-hybridized carbons (Fsp3) is 0.167. The van der Waals surface area contributed by atoms with E-state index in [1.54, 1.807) is 0 Å². The molecule has 2 rings (SSSR count). The van der Waals surface area contributed by atoms with Crippen molar-refractivity contribution in [3.63, 3.8) is 0 Å². The Labute approximate surface area is 94.0 Å². The predicted molar refractivity (Wildman–Crippen MR) is 64.3 cm³/mol. The summed E-state index contributed by atoms with van der Waals surface area (Å²) in [6.07, 6.45) is 0. The van der Waals surface area contributed by atoms with Gasteiger partial charge in [0.2, 0.25) is 0 Å². The summed E-state index contributed by atoms with van der Waals surface area (Å²) in [7, 11) is 0. The van der Waals surface area contributed by atoms with E-state index in [0.29, 0.717) is 4.64 Å². The third kappa shape index (κ3) is 1.97. The van der Waals surface area contributed by atoms with E-state index in [4.69, 9.17) is 12.2 Å². The average Bonchev–Trinajstić information content (AvgIpc) is 2.24. The Bertz CT molecular complexity index is 523. The standard InChI is InChI=1S/C12H12N2S/c1-8-4-3-5-10(9(8)2)11-6-7-12(15)14-13-11/h3-7H,1-2H3,(H,14,15). The Morgan fingerprint density at radius 1 is 1.13 bits per heavy atom. The van der Waals surface area contributed by atoms with Gasteiger partial charge in [0, 0.05) is 5.56 Å². The Hall–Kier alpha value is -1.48. The summed E-state index contributed by atoms with van der Waals surface area (Å²) in [5, 5.41) is 7.03. The summed E-state index contributed by atoms with van der Waals surface area (Å²) < 4.78 is 0.657. The first kappa shape index (κ1) is 10.1. The van der Waals surface area contributed by atoms with Gasteiger partial charge in [-0.1, -0.05) is 30.4 Å². The molecule has 1 heterocycles. The quantitative estimate of drug-likeness (QED) is 0.740. The smallest absolute Gasteiger partial charge is 0.119 e. The predicted octanol–water partition coefficient (Wildman–Crippen LogP) is 3.42. The van der Waals surface area contributed by atoms with E-state index in [1.807, 2.05) is 18.2 Å². The Balaban J connectivity index is 2.59. The first-order valence-corrected chi connectivity index (χ1v) is 5.21. The molecule has 0 amide bonds. The molecule has 0 fully saturated rings. The maximum Gasteiger partial charge on any atom is 0.119 e. The van der Waals surface area contributed by atoms with Crippen molar-refractivity contribution in [3.8, 4) is 11.3 Å². The molecule has 0 spiro atoms. The van der Waals surface area contributed by atoms with Gasteiger partial charge >= 0.3 is 0 Å². The van der Waals surface area contributed by atoms with Crippen LogP contribution in [0.3, 0.4) is 0 Å². The lowest BCUT2D eigenvalue weighted by Gasteiger charge is -2.06. The van der Waals surface area contributed by atoms with Gasteiger partial charge in [0.25, 0.3) is 0 Å². The first-order valence-electron chi connectivity index (χ1n) is 4.81. The van der Waals surface area contributed by atoms with Gasteiger partial charge in [-0.2, -0.15) is 5.10 Å². The lowest BCUT2D eigenvalue weighted by Crippen LogP contribution is -1.91. The Morgan fingerprint density at radius 3 is 2.60 bits per heavy atom. The molecular weight excluding hydrogens is 204 g/mol. The molecule has 0 saturated heterocycles. The van der Waals surface area contributed by atoms with Crippen molar-refractivity contribution in [1.82, 2.24) is 10.2 Å². The number of hydrogen-bond donors (Lipinski definition) is 1. The van der Waals surface area contributed by atoms with Gasteiger partial charge < -0.3 is 0 Å². The summed E-state index contributed by atoms with van der Waals surface area (Å²) in [6.45, 7) is 4.21. The van der Waals surface area contributed by atoms with Crippen LogP contribution in [-0.4, -0.2) is 10.2 Å². The maximum absolute atomic E-state index is 4.96. The van der Waals surface area contributed by atoms with Crippen LogP contribution >= 0.6 is 12.2 Å². The van der Waals surface area contributed by atoms with Crippen molar-refractivity contribution in [3.05, 3.63) is 46.1 Å². The van der Waals surface area contributed by atoms with Crippen molar-refractivity contribution >= 4 is 12.2 Å². The molecule has 0 saturated carbocycles. The Kier molecular flexibility index (Phi) is 2.64. The molecule has 0 aliphatic carbocycles. The van der Waals surface area contributed by atoms with Crippen molar-refractivity contribution in [1.29, 1.82) is 0 Å². The molecule has 1 aromatic heterocycles. The van der Waals surface area contributed by atoms with Gasteiger partial charge in [-0.05, 0) is 37.1 Å². The third-order valence-corrected chi connectivity index (χ3v) is 2.79. The Morgan fingerprint density at radius 2 is 1.93 bits per heavy atom. The summed E-state index contributed by atoms with van der Waals surface area (Å²) >= 11 is 4.96. The van der Waals surface area contributed by atoms with Crippen LogP contribution < -0.4 is 0 Å². The molecule has 0 unspecified atom stereocenters. The van der Waals surface area contributed by atoms with E-state index in [1.165, 1.54) is 11.1 Å². The van der Waals surface area contributed by atoms with Crippen molar-refractivity contribution < 1.29 is 0 Å². The average molecular weight is 216 g/mol. The summed E-state index contributed by atoms with van der Waals surface area (Å²) in [4.78, 5) is 0. The molecule has 0 bridgehead atoms. The normalized spacial score (nSPS) is 10.3. The van der Waals surface area contributed by atoms with Gasteiger partial charge in [0.1, 0.15) is 4.64 Å². The minimum atomic E-state index is 0.657. The van der Waals surface area contributed by atoms with E-state index < -0.39 is 0 Å². The molecule has 1 N–H and O–H groups in total. The topological polar surface area (TPSA) is 28.7 Å². The molecular formula is C12H12N2S. The second kappa shape index (κ2) is 3.95. The molecule has 1 aromatic carbocycles. The minimum Gasteiger partial charge on any atom is -0.267 e. The molecule has 0 aliphatic rings. The zero-order chi connectivity index (χ0) is 10.8. The first-order chi connectivity index (χ1) is 7.18. The van der Waals surface area contributed by atoms with E-state index in [2.05, 4.69) is 36.2 Å². The monoisotopic (exact) mass is 216 g/mol. The number of H-pyrrole nitrogens is 1. The lowest BCUT2D eigenvalue weighted by molar-refractivity contribution is 1.02. The molecule has 0 atom stereocenters. The van der Waals surface area contributed by atoms with Gasteiger partial charge in [0.15, 0.2) is 0 Å². The number of nitrogens with one attached hydrogen (secondary N) is 1. The van der Waals surface area contributed by atoms with E-state index in [0.717, 1.165) is 11.3 Å². The maximum atomic E-state index is 4.96. The highest BCUT2D eigenvalue weighted by Gasteiger charge is 2.03. The number of benzene rings is 1. The fourth-order valence-corrected chi connectivity index (χ4v) is 1.64. The highest BCUT2D eigenvalue weighted by molar-refractivity contribution is 7.71. The molecule has 0 aliphatic heterocycles. The van der Waals surface area contributed by atoms with E-state index >= 15 is 0 Å². The van der Waals surface area contributed by atoms with Crippen LogP contribution in [0, 0.1) is 18.5 Å². The summed E-state index contributed by atoms with van der Waals surface area (Å²) in [5.74, 6) is 0. The summed E-state index contributed by atoms with van der Waals surface area (Å²) in [6, 6.07) is 10.0. The van der Waals surface area contributed by atoms with Crippen molar-refractivity contribution in [2.45, 2.75) is 13.8 Å². The SMILES string of the molecule is Cc1cccc(-c2ccc(=S)[nH]n2)c1C. The van der Waals surface area contributed by atoms with Crippen LogP contribution in [0.1, 0.15) is 11.1 Å². The number of hydrogen-bond acceptors (Lipinski definition) is 2. The zero-order valence-electron chi connectivity index (χ0n) is 8.74. The largest absolute Gasteiger partial charge is 0.267 e. The molecule has 3 heteroatoms. The van der Waals surface area contributed by atoms with Crippen LogP contribution in [0.15, 0.2) is 30.3 Å². The number of aromatic amines is 1. The molecule has 0 radical (unpaired) electrons. The van der Waals surface area contributed by atoms with Crippen LogP contribution in [0.5, 0.6) is 0 Å².